The van der Waals surface area contributed by atoms with Crippen molar-refractivity contribution in [3.05, 3.63) is 30.2 Å². The van der Waals surface area contributed by atoms with Gasteiger partial charge in [-0.1, -0.05) is 165 Å². The molecule has 0 amide bonds. The fraction of sp³-hybridized carbons (Fsp3) is 0.703. The number of hydrogen-bond donors (Lipinski definition) is 0. The van der Waals surface area contributed by atoms with E-state index in [9.17, 15) is 10.1 Å². The number of nitrogens with zero attached hydrogens (tertiary/aromatic N) is 6. The molecule has 2 atom stereocenters. The third-order valence-electron chi connectivity index (χ3n) is 8.55. The van der Waals surface area contributed by atoms with Crippen molar-refractivity contribution in [2.75, 3.05) is 12.4 Å². The summed E-state index contributed by atoms with van der Waals surface area (Å²) in [5, 5.41) is 26.1. The summed E-state index contributed by atoms with van der Waals surface area (Å²) in [6, 6.07) is 8.34. The van der Waals surface area contributed by atoms with E-state index in [0.717, 1.165) is 12.8 Å². The van der Waals surface area contributed by atoms with Gasteiger partial charge < -0.3 is 9.15 Å². The summed E-state index contributed by atoms with van der Waals surface area (Å²) >= 11 is 2.49. The first-order valence-electron chi connectivity index (χ1n) is 18.4. The molecule has 1 aromatic carbocycles. The summed E-state index contributed by atoms with van der Waals surface area (Å²) in [5.41, 5.74) is 1.24. The van der Waals surface area contributed by atoms with Crippen molar-refractivity contribution in [1.29, 1.82) is 5.26 Å². The molecule has 0 saturated heterocycles. The molecular weight excluding hydrogens is 641 g/mol. The quantitative estimate of drug-likeness (QED) is 0.0317. The van der Waals surface area contributed by atoms with Crippen LogP contribution in [0.5, 0.6) is 0 Å². The zero-order valence-corrected chi connectivity index (χ0v) is 30.9. The van der Waals surface area contributed by atoms with E-state index in [-0.39, 0.29) is 17.6 Å². The molecule has 0 bridgehead atoms. The lowest BCUT2D eigenvalue weighted by molar-refractivity contribution is -0.141. The average Bonchev–Trinajstić information content (AvgIpc) is 3.75. The number of unbranched alkanes of at least 4 members (excludes halogenated alkanes) is 16. The molecule has 9 nitrogen and oxygen atoms in total. The molecule has 0 spiro atoms. The minimum Gasteiger partial charge on any atom is -0.465 e. The van der Waals surface area contributed by atoms with Crippen LogP contribution < -0.4 is 0 Å². The molecule has 0 aliphatic rings. The molecule has 2 aromatic heterocycles. The van der Waals surface area contributed by atoms with Gasteiger partial charge in [-0.15, -0.1) is 15.3 Å². The van der Waals surface area contributed by atoms with E-state index < -0.39 is 6.04 Å². The molecule has 0 radical (unpaired) electrons. The molecular formula is C37H56N6O3S2. The number of nitriles is 1. The van der Waals surface area contributed by atoms with Crippen LogP contribution in [0.15, 0.2) is 43.3 Å². The zero-order valence-electron chi connectivity index (χ0n) is 29.2. The molecule has 2 unspecified atom stereocenters. The second-order valence-electron chi connectivity index (χ2n) is 12.7. The van der Waals surface area contributed by atoms with E-state index in [0.29, 0.717) is 33.1 Å². The van der Waals surface area contributed by atoms with Gasteiger partial charge in [0.05, 0.1) is 12.4 Å². The van der Waals surface area contributed by atoms with Gasteiger partial charge in [-0.2, -0.15) is 10.4 Å². The number of ether oxygens (including phenoxy) is 1. The van der Waals surface area contributed by atoms with Crippen molar-refractivity contribution < 1.29 is 13.9 Å². The van der Waals surface area contributed by atoms with Gasteiger partial charge in [0.2, 0.25) is 11.9 Å². The Morgan fingerprint density at radius 2 is 1.46 bits per heavy atom. The lowest BCUT2D eigenvalue weighted by atomic mass is 9.94. The van der Waals surface area contributed by atoms with Gasteiger partial charge in [-0.25, -0.2) is 4.98 Å². The van der Waals surface area contributed by atoms with Gasteiger partial charge in [0.25, 0.3) is 5.13 Å². The summed E-state index contributed by atoms with van der Waals surface area (Å²) in [7, 11) is 0. The van der Waals surface area contributed by atoms with Crippen LogP contribution in [-0.2, 0) is 9.53 Å². The molecule has 2 heterocycles. The number of thioether (sulfide) groups is 1. The first kappa shape index (κ1) is 39.6. The van der Waals surface area contributed by atoms with Crippen LogP contribution in [-0.4, -0.2) is 33.5 Å². The maximum absolute atomic E-state index is 12.7. The number of fused-ring (bicyclic) bond motifs is 1. The number of carbonyl (C=O) groups is 1. The molecule has 48 heavy (non-hydrogen) atoms. The number of esters is 1. The van der Waals surface area contributed by atoms with E-state index in [4.69, 9.17) is 9.15 Å². The number of carbonyl (C=O) groups excluding carboxylic acids is 1. The van der Waals surface area contributed by atoms with Crippen molar-refractivity contribution in [2.24, 2.45) is 16.1 Å². The van der Waals surface area contributed by atoms with Crippen molar-refractivity contribution in [2.45, 2.75) is 153 Å². The van der Waals surface area contributed by atoms with E-state index in [1.54, 1.807) is 6.07 Å². The van der Waals surface area contributed by atoms with Crippen molar-refractivity contribution in [1.82, 2.24) is 15.2 Å². The van der Waals surface area contributed by atoms with Crippen LogP contribution in [0.25, 0.3) is 11.1 Å². The third kappa shape index (κ3) is 16.5. The van der Waals surface area contributed by atoms with Gasteiger partial charge in [0.15, 0.2) is 9.92 Å². The minimum atomic E-state index is -0.994. The Kier molecular flexibility index (Phi) is 20.8. The number of aromatic nitrogens is 3. The Hall–Kier alpha value is -2.84. The van der Waals surface area contributed by atoms with Gasteiger partial charge >= 0.3 is 5.97 Å². The highest BCUT2D eigenvalue weighted by Crippen LogP contribution is 2.30. The summed E-state index contributed by atoms with van der Waals surface area (Å²) in [5.74, 6) is 0.537. The van der Waals surface area contributed by atoms with E-state index in [1.165, 1.54) is 139 Å². The Morgan fingerprint density at radius 1 is 0.875 bits per heavy atom. The molecule has 0 saturated carbocycles. The number of oxazole rings is 1. The number of rotatable bonds is 28. The predicted molar refractivity (Wildman–Crippen MR) is 196 cm³/mol. The lowest BCUT2D eigenvalue weighted by Gasteiger charge is -2.17. The fourth-order valence-electron chi connectivity index (χ4n) is 5.72. The molecule has 11 heteroatoms. The van der Waals surface area contributed by atoms with E-state index in [2.05, 4.69) is 45.3 Å². The Morgan fingerprint density at radius 3 is 2.04 bits per heavy atom. The average molecular weight is 697 g/mol. The Balaban J connectivity index is 1.37. The monoisotopic (exact) mass is 696 g/mol. The van der Waals surface area contributed by atoms with E-state index in [1.807, 2.05) is 18.2 Å². The Bertz CT molecular complexity index is 1320. The first-order chi connectivity index (χ1) is 23.6. The summed E-state index contributed by atoms with van der Waals surface area (Å²) in [4.78, 5) is 17.0. The van der Waals surface area contributed by atoms with Gasteiger partial charge in [-0.05, 0) is 30.9 Å². The van der Waals surface area contributed by atoms with Gasteiger partial charge in [-0.3, -0.25) is 4.79 Å². The largest absolute Gasteiger partial charge is 0.465 e. The van der Waals surface area contributed by atoms with Crippen LogP contribution in [0.2, 0.25) is 0 Å². The fourth-order valence-corrected chi connectivity index (χ4v) is 7.18. The highest BCUT2D eigenvalue weighted by atomic mass is 32.2. The van der Waals surface area contributed by atoms with Gasteiger partial charge in [0, 0.05) is 0 Å². The molecule has 0 aliphatic heterocycles. The highest BCUT2D eigenvalue weighted by Gasteiger charge is 2.18. The van der Waals surface area contributed by atoms with Crippen LogP contribution >= 0.6 is 23.1 Å². The van der Waals surface area contributed by atoms with Crippen LogP contribution in [0.3, 0.4) is 0 Å². The lowest BCUT2D eigenvalue weighted by Crippen LogP contribution is -2.16. The smallest absolute Gasteiger partial charge is 0.316 e. The number of para-hydroxylation sites is 2. The van der Waals surface area contributed by atoms with Crippen molar-refractivity contribution >= 4 is 45.3 Å². The molecule has 0 N–H and O–H groups in total. The summed E-state index contributed by atoms with van der Waals surface area (Å²) in [6.07, 6.45) is 26.0. The predicted octanol–water partition coefficient (Wildman–Crippen LogP) is 12.1. The highest BCUT2D eigenvalue weighted by molar-refractivity contribution is 8.01. The molecule has 0 fully saturated rings. The number of azo groups is 1. The Labute approximate surface area is 296 Å². The molecule has 3 aromatic rings. The van der Waals surface area contributed by atoms with Crippen molar-refractivity contribution in [3.63, 3.8) is 0 Å². The second kappa shape index (κ2) is 25.2. The van der Waals surface area contributed by atoms with Crippen LogP contribution in [0.1, 0.15) is 154 Å². The summed E-state index contributed by atoms with van der Waals surface area (Å²) in [6.45, 7) is 5.02. The van der Waals surface area contributed by atoms with Crippen molar-refractivity contribution in [3.8, 4) is 6.07 Å². The number of hydrogen-bond acceptors (Lipinski definition) is 11. The second-order valence-corrected chi connectivity index (χ2v) is 14.9. The van der Waals surface area contributed by atoms with Crippen LogP contribution in [0, 0.1) is 17.2 Å². The molecule has 0 aliphatic carbocycles. The third-order valence-corrected chi connectivity index (χ3v) is 10.5. The minimum absolute atomic E-state index is 0.165. The van der Waals surface area contributed by atoms with Gasteiger partial charge in [0.1, 0.15) is 11.6 Å². The maximum atomic E-state index is 12.7. The van der Waals surface area contributed by atoms with Crippen LogP contribution in [0.4, 0.5) is 5.13 Å². The normalized spacial score (nSPS) is 12.9. The first-order valence-corrected chi connectivity index (χ1v) is 20.2. The molecule has 3 rings (SSSR count). The topological polar surface area (TPSA) is 127 Å². The molecule has 264 valence electrons. The van der Waals surface area contributed by atoms with E-state index >= 15 is 0 Å². The zero-order chi connectivity index (χ0) is 34.1. The number of benzene rings is 1. The SMILES string of the molecule is CCCCCCCCCCCCC(CCCCCCCCCC)COC(=O)CSc1nnc(N=NC(C#N)c2nc3ccccc3o2)s1. The standard InChI is InChI=1S/C37H56N6O3S2/c1-3-5-7-9-11-13-14-16-18-20-24-30(23-19-17-15-12-10-8-6-4-2)28-45-34(44)29-47-37-43-42-36(48-37)41-40-32(27-38)35-39-31-25-21-22-26-33(31)46-35/h21-22,25-26,30,32H,3-20,23-24,28-29H2,1-2H3. The summed E-state index contributed by atoms with van der Waals surface area (Å²) < 4.78 is 12.0. The maximum Gasteiger partial charge on any atom is 0.316 e.